The van der Waals surface area contributed by atoms with Crippen LogP contribution >= 0.6 is 0 Å². The number of nitrogens with one attached hydrogen (secondary N) is 1. The molecule has 0 aliphatic rings. The average molecular weight is 352 g/mol. The third-order valence-corrected chi connectivity index (χ3v) is 3.75. The lowest BCUT2D eigenvalue weighted by molar-refractivity contribution is -0.116. The SMILES string of the molecule is NS(=O)(=O)Cc1ccc(NC(=O)CCOc2ccc(F)cc2)cc1. The molecule has 0 bridgehead atoms. The molecule has 0 radical (unpaired) electrons. The number of halogens is 1. The normalized spacial score (nSPS) is 11.1. The minimum absolute atomic E-state index is 0.121. The van der Waals surface area contributed by atoms with E-state index < -0.39 is 10.0 Å². The maximum Gasteiger partial charge on any atom is 0.227 e. The minimum atomic E-state index is -3.58. The molecule has 0 heterocycles. The first-order valence-corrected chi connectivity index (χ1v) is 8.81. The number of primary sulfonamides is 1. The van der Waals surface area contributed by atoms with E-state index in [2.05, 4.69) is 5.32 Å². The molecule has 0 fully saturated rings. The Morgan fingerprint density at radius 2 is 1.71 bits per heavy atom. The fourth-order valence-electron chi connectivity index (χ4n) is 1.93. The summed E-state index contributed by atoms with van der Waals surface area (Å²) in [4.78, 5) is 11.8. The van der Waals surface area contributed by atoms with Crippen LogP contribution in [0.5, 0.6) is 5.75 Å². The van der Waals surface area contributed by atoms with Crippen molar-refractivity contribution in [2.24, 2.45) is 5.14 Å². The van der Waals surface area contributed by atoms with Gasteiger partial charge >= 0.3 is 0 Å². The molecule has 0 saturated heterocycles. The van der Waals surface area contributed by atoms with Gasteiger partial charge in [-0.15, -0.1) is 0 Å². The van der Waals surface area contributed by atoms with Crippen LogP contribution < -0.4 is 15.2 Å². The summed E-state index contributed by atoms with van der Waals surface area (Å²) < 4.78 is 40.1. The average Bonchev–Trinajstić information content (AvgIpc) is 2.50. The molecule has 0 atom stereocenters. The number of carbonyl (C=O) groups excluding carboxylic acids is 1. The molecule has 0 aromatic heterocycles. The Hall–Kier alpha value is -2.45. The van der Waals surface area contributed by atoms with Gasteiger partial charge in [-0.25, -0.2) is 17.9 Å². The van der Waals surface area contributed by atoms with Gasteiger partial charge in [0.15, 0.2) is 0 Å². The number of ether oxygens (including phenoxy) is 1. The lowest BCUT2D eigenvalue weighted by Crippen LogP contribution is -2.16. The van der Waals surface area contributed by atoms with E-state index in [-0.39, 0.29) is 30.5 Å². The van der Waals surface area contributed by atoms with E-state index >= 15 is 0 Å². The summed E-state index contributed by atoms with van der Waals surface area (Å²) in [5.41, 5.74) is 1.08. The molecule has 2 aromatic carbocycles. The number of carbonyl (C=O) groups is 1. The summed E-state index contributed by atoms with van der Waals surface area (Å²) in [5.74, 6) is -0.383. The summed E-state index contributed by atoms with van der Waals surface area (Å²) in [6.07, 6.45) is 0.121. The lowest BCUT2D eigenvalue weighted by atomic mass is 10.2. The second-order valence-corrected chi connectivity index (χ2v) is 6.72. The zero-order valence-electron chi connectivity index (χ0n) is 12.7. The van der Waals surface area contributed by atoms with E-state index in [4.69, 9.17) is 9.88 Å². The van der Waals surface area contributed by atoms with Gasteiger partial charge in [0.1, 0.15) is 11.6 Å². The van der Waals surface area contributed by atoms with Crippen LogP contribution in [0.15, 0.2) is 48.5 Å². The maximum atomic E-state index is 12.7. The van der Waals surface area contributed by atoms with Gasteiger partial charge in [-0.3, -0.25) is 4.79 Å². The number of benzene rings is 2. The van der Waals surface area contributed by atoms with Gasteiger partial charge in [-0.1, -0.05) is 12.1 Å². The van der Waals surface area contributed by atoms with E-state index in [1.54, 1.807) is 24.3 Å². The van der Waals surface area contributed by atoms with Gasteiger partial charge < -0.3 is 10.1 Å². The zero-order valence-corrected chi connectivity index (χ0v) is 13.6. The number of hydrogen-bond acceptors (Lipinski definition) is 4. The zero-order chi connectivity index (χ0) is 17.6. The topological polar surface area (TPSA) is 98.5 Å². The van der Waals surface area contributed by atoms with E-state index in [1.165, 1.54) is 24.3 Å². The number of hydrogen-bond donors (Lipinski definition) is 2. The van der Waals surface area contributed by atoms with Crippen LogP contribution in [0.25, 0.3) is 0 Å². The van der Waals surface area contributed by atoms with Crippen molar-refractivity contribution >= 4 is 21.6 Å². The number of rotatable bonds is 7. The molecule has 3 N–H and O–H groups in total. The third-order valence-electron chi connectivity index (χ3n) is 3.02. The van der Waals surface area contributed by atoms with Crippen LogP contribution in [-0.4, -0.2) is 20.9 Å². The highest BCUT2D eigenvalue weighted by molar-refractivity contribution is 7.88. The van der Waals surface area contributed by atoms with Crippen molar-refractivity contribution in [3.8, 4) is 5.75 Å². The number of anilines is 1. The van der Waals surface area contributed by atoms with Crippen molar-refractivity contribution in [1.29, 1.82) is 0 Å². The highest BCUT2D eigenvalue weighted by Crippen LogP contribution is 2.13. The summed E-state index contributed by atoms with van der Waals surface area (Å²) in [7, 11) is -3.58. The van der Waals surface area contributed by atoms with E-state index in [0.29, 0.717) is 17.0 Å². The molecule has 24 heavy (non-hydrogen) atoms. The molecular weight excluding hydrogens is 335 g/mol. The monoisotopic (exact) mass is 352 g/mol. The van der Waals surface area contributed by atoms with Gasteiger partial charge in [0.25, 0.3) is 0 Å². The molecule has 0 aliphatic carbocycles. The van der Waals surface area contributed by atoms with Crippen molar-refractivity contribution in [2.45, 2.75) is 12.2 Å². The predicted octanol–water partition coefficient (Wildman–Crippen LogP) is 2.02. The van der Waals surface area contributed by atoms with Crippen LogP contribution in [0.2, 0.25) is 0 Å². The Kier molecular flexibility index (Phi) is 5.88. The number of nitrogens with two attached hydrogens (primary N) is 1. The van der Waals surface area contributed by atoms with Gasteiger partial charge in [-0.05, 0) is 42.0 Å². The second-order valence-electron chi connectivity index (χ2n) is 5.10. The van der Waals surface area contributed by atoms with Crippen molar-refractivity contribution in [2.75, 3.05) is 11.9 Å². The molecule has 6 nitrogen and oxygen atoms in total. The number of amides is 1. The Morgan fingerprint density at radius 1 is 1.08 bits per heavy atom. The first-order valence-electron chi connectivity index (χ1n) is 7.09. The van der Waals surface area contributed by atoms with E-state index in [1.807, 2.05) is 0 Å². The Labute approximate surface area is 139 Å². The fraction of sp³-hybridized carbons (Fsp3) is 0.188. The summed E-state index contributed by atoms with van der Waals surface area (Å²) in [6, 6.07) is 11.9. The van der Waals surface area contributed by atoms with Crippen molar-refractivity contribution in [1.82, 2.24) is 0 Å². The van der Waals surface area contributed by atoms with Crippen LogP contribution in [0.1, 0.15) is 12.0 Å². The quantitative estimate of drug-likeness (QED) is 0.796. The molecule has 8 heteroatoms. The predicted molar refractivity (Wildman–Crippen MR) is 88.4 cm³/mol. The van der Waals surface area contributed by atoms with E-state index in [9.17, 15) is 17.6 Å². The molecule has 0 saturated carbocycles. The van der Waals surface area contributed by atoms with Crippen LogP contribution in [0.3, 0.4) is 0 Å². The maximum absolute atomic E-state index is 12.7. The minimum Gasteiger partial charge on any atom is -0.493 e. The summed E-state index contributed by atoms with van der Waals surface area (Å²) >= 11 is 0. The van der Waals surface area contributed by atoms with Crippen LogP contribution in [0, 0.1) is 5.82 Å². The fourth-order valence-corrected chi connectivity index (χ4v) is 2.59. The standard InChI is InChI=1S/C16H17FN2O4S/c17-13-3-7-15(8-4-13)23-10-9-16(20)19-14-5-1-12(2-6-14)11-24(18,21)22/h1-8H,9-11H2,(H,19,20)(H2,18,21,22). The first kappa shape index (κ1) is 17.9. The first-order chi connectivity index (χ1) is 11.3. The molecule has 0 aliphatic heterocycles. The molecule has 0 spiro atoms. The summed E-state index contributed by atoms with van der Waals surface area (Å²) in [6.45, 7) is 0.154. The van der Waals surface area contributed by atoms with Crippen LogP contribution in [-0.2, 0) is 20.6 Å². The van der Waals surface area contributed by atoms with Gasteiger partial charge in [-0.2, -0.15) is 0 Å². The van der Waals surface area contributed by atoms with Gasteiger partial charge in [0.2, 0.25) is 15.9 Å². The lowest BCUT2D eigenvalue weighted by Gasteiger charge is -2.08. The van der Waals surface area contributed by atoms with Crippen LogP contribution in [0.4, 0.5) is 10.1 Å². The molecular formula is C16H17FN2O4S. The molecule has 2 aromatic rings. The Morgan fingerprint density at radius 3 is 2.29 bits per heavy atom. The smallest absolute Gasteiger partial charge is 0.227 e. The van der Waals surface area contributed by atoms with Crippen molar-refractivity contribution in [3.05, 3.63) is 59.9 Å². The van der Waals surface area contributed by atoms with Gasteiger partial charge in [0, 0.05) is 5.69 Å². The highest BCUT2D eigenvalue weighted by Gasteiger charge is 2.06. The number of sulfonamides is 1. The Balaban J connectivity index is 1.78. The van der Waals surface area contributed by atoms with E-state index in [0.717, 1.165) is 0 Å². The van der Waals surface area contributed by atoms with Gasteiger partial charge in [0.05, 0.1) is 18.8 Å². The molecule has 0 unspecified atom stereocenters. The second kappa shape index (κ2) is 7.89. The molecule has 2 rings (SSSR count). The van der Waals surface area contributed by atoms with Crippen molar-refractivity contribution in [3.63, 3.8) is 0 Å². The highest BCUT2D eigenvalue weighted by atomic mass is 32.2. The molecule has 1 amide bonds. The molecule has 128 valence electrons. The summed E-state index contributed by atoms with van der Waals surface area (Å²) in [5, 5.41) is 7.63. The Bertz CT molecular complexity index is 790. The third kappa shape index (κ3) is 6.35. The van der Waals surface area contributed by atoms with Crippen molar-refractivity contribution < 1.29 is 22.3 Å². The largest absolute Gasteiger partial charge is 0.493 e.